The summed E-state index contributed by atoms with van der Waals surface area (Å²) in [6.45, 7) is 0.0820. The Bertz CT molecular complexity index is 573. The van der Waals surface area contributed by atoms with Gasteiger partial charge in [-0.3, -0.25) is 0 Å². The second kappa shape index (κ2) is 5.85. The van der Waals surface area contributed by atoms with Crippen molar-refractivity contribution in [2.24, 2.45) is 0 Å². The van der Waals surface area contributed by atoms with E-state index >= 15 is 0 Å². The average molecular weight is 239 g/mol. The van der Waals surface area contributed by atoms with Crippen LogP contribution in [0.1, 0.15) is 11.1 Å². The zero-order chi connectivity index (χ0) is 12.8. The number of hydrogen-bond donors (Lipinski definition) is 1. The molecule has 0 atom stereocenters. The summed E-state index contributed by atoms with van der Waals surface area (Å²) in [6, 6.07) is 16.6. The quantitative estimate of drug-likeness (QED) is 0.892. The van der Waals surface area contributed by atoms with Crippen LogP contribution in [0, 0.1) is 11.3 Å². The summed E-state index contributed by atoms with van der Waals surface area (Å²) in [5.74, 6) is 1.33. The van der Waals surface area contributed by atoms with E-state index in [1.807, 2.05) is 24.3 Å². The summed E-state index contributed by atoms with van der Waals surface area (Å²) >= 11 is 0. The third-order valence-electron chi connectivity index (χ3n) is 2.54. The zero-order valence-corrected chi connectivity index (χ0v) is 9.84. The van der Waals surface area contributed by atoms with E-state index in [1.54, 1.807) is 24.3 Å². The lowest BCUT2D eigenvalue weighted by atomic mass is 10.1. The second-order valence-electron chi connectivity index (χ2n) is 3.82. The Hall–Kier alpha value is -2.31. The van der Waals surface area contributed by atoms with Gasteiger partial charge in [-0.25, -0.2) is 0 Å². The smallest absolute Gasteiger partial charge is 0.130 e. The first-order chi connectivity index (χ1) is 8.83. The van der Waals surface area contributed by atoms with Crippen molar-refractivity contribution in [1.82, 2.24) is 0 Å². The van der Waals surface area contributed by atoms with Crippen molar-refractivity contribution in [3.05, 3.63) is 59.7 Å². The highest BCUT2D eigenvalue weighted by molar-refractivity contribution is 5.41. The van der Waals surface area contributed by atoms with Crippen molar-refractivity contribution in [1.29, 1.82) is 5.26 Å². The van der Waals surface area contributed by atoms with Gasteiger partial charge in [0.2, 0.25) is 0 Å². The Balaban J connectivity index is 2.25. The van der Waals surface area contributed by atoms with Gasteiger partial charge in [0.05, 0.1) is 11.6 Å². The molecule has 0 unspecified atom stereocenters. The topological polar surface area (TPSA) is 53.2 Å². The number of ether oxygens (including phenoxy) is 1. The minimum Gasteiger partial charge on any atom is -0.457 e. The predicted octanol–water partition coefficient (Wildman–Crippen LogP) is 2.89. The van der Waals surface area contributed by atoms with Crippen LogP contribution in [-0.2, 0) is 6.42 Å². The van der Waals surface area contributed by atoms with Crippen LogP contribution in [0.4, 0.5) is 0 Å². The fourth-order valence-electron chi connectivity index (χ4n) is 1.69. The van der Waals surface area contributed by atoms with Crippen LogP contribution in [0.2, 0.25) is 0 Å². The second-order valence-corrected chi connectivity index (χ2v) is 3.82. The maximum atomic E-state index is 8.99. The van der Waals surface area contributed by atoms with Crippen LogP contribution in [0.15, 0.2) is 48.5 Å². The monoisotopic (exact) mass is 239 g/mol. The highest BCUT2D eigenvalue weighted by Crippen LogP contribution is 2.25. The molecule has 0 aliphatic carbocycles. The number of rotatable bonds is 4. The molecule has 18 heavy (non-hydrogen) atoms. The van der Waals surface area contributed by atoms with Crippen molar-refractivity contribution in [3.8, 4) is 17.6 Å². The van der Waals surface area contributed by atoms with Crippen LogP contribution in [0.25, 0.3) is 0 Å². The number of nitriles is 1. The maximum Gasteiger partial charge on any atom is 0.130 e. The molecule has 0 bridgehead atoms. The molecule has 0 amide bonds. The Labute approximate surface area is 106 Å². The molecule has 0 fully saturated rings. The number of nitrogens with zero attached hydrogens (tertiary/aromatic N) is 1. The van der Waals surface area contributed by atoms with Gasteiger partial charge in [-0.05, 0) is 36.2 Å². The molecular weight excluding hydrogens is 226 g/mol. The van der Waals surface area contributed by atoms with Gasteiger partial charge in [0.15, 0.2) is 0 Å². The molecule has 90 valence electrons. The maximum absolute atomic E-state index is 8.99. The van der Waals surface area contributed by atoms with E-state index in [9.17, 15) is 0 Å². The van der Waals surface area contributed by atoms with E-state index in [-0.39, 0.29) is 6.61 Å². The van der Waals surface area contributed by atoms with Crippen LogP contribution < -0.4 is 4.74 Å². The Morgan fingerprint density at radius 2 is 1.94 bits per heavy atom. The summed E-state index contributed by atoms with van der Waals surface area (Å²) in [5.41, 5.74) is 1.51. The Kier molecular flexibility index (Phi) is 3.95. The van der Waals surface area contributed by atoms with Gasteiger partial charge >= 0.3 is 0 Å². The molecular formula is C15H13NO2. The molecule has 0 aliphatic rings. The first-order valence-corrected chi connectivity index (χ1v) is 5.70. The van der Waals surface area contributed by atoms with Gasteiger partial charge in [-0.1, -0.05) is 24.3 Å². The van der Waals surface area contributed by atoms with Crippen LogP contribution >= 0.6 is 0 Å². The van der Waals surface area contributed by atoms with E-state index in [0.29, 0.717) is 23.5 Å². The molecule has 2 aromatic carbocycles. The summed E-state index contributed by atoms with van der Waals surface area (Å²) in [4.78, 5) is 0. The fraction of sp³-hybridized carbons (Fsp3) is 0.133. The largest absolute Gasteiger partial charge is 0.457 e. The molecule has 2 rings (SSSR count). The lowest BCUT2D eigenvalue weighted by molar-refractivity contribution is 0.298. The van der Waals surface area contributed by atoms with E-state index < -0.39 is 0 Å². The van der Waals surface area contributed by atoms with Crippen molar-refractivity contribution >= 4 is 0 Å². The van der Waals surface area contributed by atoms with Gasteiger partial charge in [0, 0.05) is 6.61 Å². The molecule has 0 aromatic heterocycles. The fourth-order valence-corrected chi connectivity index (χ4v) is 1.69. The van der Waals surface area contributed by atoms with Crippen LogP contribution in [0.3, 0.4) is 0 Å². The lowest BCUT2D eigenvalue weighted by Gasteiger charge is -2.10. The third kappa shape index (κ3) is 2.88. The van der Waals surface area contributed by atoms with Crippen LogP contribution in [0.5, 0.6) is 11.5 Å². The van der Waals surface area contributed by atoms with Gasteiger partial charge in [-0.2, -0.15) is 5.26 Å². The summed E-state index contributed by atoms with van der Waals surface area (Å²) in [6.07, 6.45) is 0.550. The first kappa shape index (κ1) is 12.2. The number of hydrogen-bond acceptors (Lipinski definition) is 3. The highest BCUT2D eigenvalue weighted by atomic mass is 16.5. The summed E-state index contributed by atoms with van der Waals surface area (Å²) in [5, 5.41) is 17.8. The molecule has 0 heterocycles. The lowest BCUT2D eigenvalue weighted by Crippen LogP contribution is -1.95. The molecule has 0 aliphatic heterocycles. The molecule has 1 N–H and O–H groups in total. The van der Waals surface area contributed by atoms with Gasteiger partial charge in [0.25, 0.3) is 0 Å². The number of benzene rings is 2. The first-order valence-electron chi connectivity index (χ1n) is 5.70. The molecule has 3 heteroatoms. The van der Waals surface area contributed by atoms with Crippen LogP contribution in [-0.4, -0.2) is 11.7 Å². The summed E-state index contributed by atoms with van der Waals surface area (Å²) in [7, 11) is 0. The van der Waals surface area contributed by atoms with E-state index in [1.165, 1.54) is 0 Å². The van der Waals surface area contributed by atoms with E-state index in [4.69, 9.17) is 15.1 Å². The molecule has 0 radical (unpaired) electrons. The Morgan fingerprint density at radius 3 is 2.72 bits per heavy atom. The number of aliphatic hydroxyl groups is 1. The normalized spacial score (nSPS) is 9.78. The number of aliphatic hydroxyl groups excluding tert-OH is 1. The Morgan fingerprint density at radius 1 is 1.11 bits per heavy atom. The van der Waals surface area contributed by atoms with Crippen molar-refractivity contribution in [2.45, 2.75) is 6.42 Å². The molecule has 3 nitrogen and oxygen atoms in total. The molecule has 0 spiro atoms. The third-order valence-corrected chi connectivity index (χ3v) is 2.54. The SMILES string of the molecule is N#Cc1cccc(Oc2ccccc2CCO)c1. The molecule has 2 aromatic rings. The summed E-state index contributed by atoms with van der Waals surface area (Å²) < 4.78 is 5.74. The zero-order valence-electron chi connectivity index (χ0n) is 9.84. The number of para-hydroxylation sites is 1. The minimum atomic E-state index is 0.0820. The molecule has 0 saturated carbocycles. The van der Waals surface area contributed by atoms with Gasteiger partial charge in [-0.15, -0.1) is 0 Å². The van der Waals surface area contributed by atoms with Crippen molar-refractivity contribution in [3.63, 3.8) is 0 Å². The van der Waals surface area contributed by atoms with Gasteiger partial charge in [0.1, 0.15) is 11.5 Å². The predicted molar refractivity (Wildman–Crippen MR) is 68.5 cm³/mol. The highest BCUT2D eigenvalue weighted by Gasteiger charge is 2.04. The van der Waals surface area contributed by atoms with Crippen molar-refractivity contribution in [2.75, 3.05) is 6.61 Å². The van der Waals surface area contributed by atoms with Gasteiger partial charge < -0.3 is 9.84 Å². The van der Waals surface area contributed by atoms with E-state index in [0.717, 1.165) is 5.56 Å². The van der Waals surface area contributed by atoms with Crippen molar-refractivity contribution < 1.29 is 9.84 Å². The minimum absolute atomic E-state index is 0.0820. The average Bonchev–Trinajstić information content (AvgIpc) is 2.41. The van der Waals surface area contributed by atoms with E-state index in [2.05, 4.69) is 6.07 Å². The standard InChI is InChI=1S/C15H13NO2/c16-11-12-4-3-6-14(10-12)18-15-7-2-1-5-13(15)8-9-17/h1-7,10,17H,8-9H2. The molecule has 0 saturated heterocycles.